The number of rotatable bonds is 0. The highest BCUT2D eigenvalue weighted by atomic mass is 18.1. The molecule has 1 rings (SSSR count). The maximum absolute atomic E-state index is 10.9. The molecule has 1 atom stereocenters. The van der Waals surface area contributed by atoms with E-state index in [9.17, 15) is 4.79 Å². The Morgan fingerprint density at radius 3 is 2.58 bits per heavy atom. The summed E-state index contributed by atoms with van der Waals surface area (Å²) >= 11 is 0. The van der Waals surface area contributed by atoms with Crippen LogP contribution in [0, 0.1) is 11.3 Å². The molecule has 0 amide bonds. The molecule has 0 radical (unpaired) electrons. The second kappa shape index (κ2) is 3.46. The fraction of sp³-hybridized carbons (Fsp3) is 0.900. The summed E-state index contributed by atoms with van der Waals surface area (Å²) in [6, 6.07) is 0. The van der Waals surface area contributed by atoms with Crippen molar-refractivity contribution in [2.24, 2.45) is 11.3 Å². The van der Waals surface area contributed by atoms with Crippen LogP contribution in [-0.4, -0.2) is 12.6 Å². The molecule has 1 fully saturated rings. The molecule has 1 aliphatic heterocycles. The van der Waals surface area contributed by atoms with E-state index in [0.29, 0.717) is 24.4 Å². The van der Waals surface area contributed by atoms with Crippen LogP contribution in [0.5, 0.6) is 0 Å². The Labute approximate surface area is 74.3 Å². The van der Waals surface area contributed by atoms with E-state index in [4.69, 9.17) is 4.74 Å². The zero-order chi connectivity index (χ0) is 9.19. The number of hydrogen-bond acceptors (Lipinski definition) is 2. The highest BCUT2D eigenvalue weighted by molar-refractivity contribution is 5.69. The molecule has 70 valence electrons. The molecule has 1 aliphatic rings. The van der Waals surface area contributed by atoms with Crippen LogP contribution in [0.2, 0.25) is 0 Å². The summed E-state index contributed by atoms with van der Waals surface area (Å²) in [5, 5.41) is 0. The average Bonchev–Trinajstić information content (AvgIpc) is 2.11. The van der Waals surface area contributed by atoms with Gasteiger partial charge < -0.3 is 4.74 Å². The number of hydrogen-bond donors (Lipinski definition) is 0. The Bertz CT molecular complexity index is 167. The summed E-state index contributed by atoms with van der Waals surface area (Å²) in [6.07, 6.45) is 2.61. The number of esters is 1. The Balaban J connectivity index is 2.52. The third kappa shape index (κ3) is 2.50. The molecule has 0 bridgehead atoms. The highest BCUT2D eigenvalue weighted by Crippen LogP contribution is 2.33. The Morgan fingerprint density at radius 1 is 1.33 bits per heavy atom. The Hall–Kier alpha value is -0.530. The first-order valence-electron chi connectivity index (χ1n) is 4.66. The third-order valence-corrected chi connectivity index (χ3v) is 2.65. The van der Waals surface area contributed by atoms with Gasteiger partial charge in [0.1, 0.15) is 0 Å². The van der Waals surface area contributed by atoms with Gasteiger partial charge in [0, 0.05) is 6.42 Å². The van der Waals surface area contributed by atoms with Crippen molar-refractivity contribution >= 4 is 5.97 Å². The number of carbonyl (C=O) groups is 1. The minimum Gasteiger partial charge on any atom is -0.466 e. The van der Waals surface area contributed by atoms with E-state index in [1.54, 1.807) is 0 Å². The van der Waals surface area contributed by atoms with Gasteiger partial charge in [-0.15, -0.1) is 0 Å². The van der Waals surface area contributed by atoms with Gasteiger partial charge in [0.05, 0.1) is 6.61 Å². The van der Waals surface area contributed by atoms with Crippen LogP contribution in [0.4, 0.5) is 0 Å². The van der Waals surface area contributed by atoms with Crippen molar-refractivity contribution in [3.05, 3.63) is 0 Å². The van der Waals surface area contributed by atoms with Crippen molar-refractivity contribution in [1.29, 1.82) is 0 Å². The quantitative estimate of drug-likeness (QED) is 0.414. The lowest BCUT2D eigenvalue weighted by atomic mass is 9.77. The minimum atomic E-state index is -0.0262. The van der Waals surface area contributed by atoms with Gasteiger partial charge in [0.25, 0.3) is 0 Å². The lowest BCUT2D eigenvalue weighted by Gasteiger charge is -2.28. The smallest absolute Gasteiger partial charge is 0.305 e. The number of cyclic esters (lactones) is 1. The van der Waals surface area contributed by atoms with Crippen molar-refractivity contribution in [3.63, 3.8) is 0 Å². The van der Waals surface area contributed by atoms with E-state index < -0.39 is 0 Å². The van der Waals surface area contributed by atoms with Gasteiger partial charge in [-0.2, -0.15) is 0 Å². The predicted molar refractivity (Wildman–Crippen MR) is 47.8 cm³/mol. The molecule has 1 unspecified atom stereocenters. The summed E-state index contributed by atoms with van der Waals surface area (Å²) in [7, 11) is 0. The second-order valence-electron chi connectivity index (χ2n) is 4.61. The minimum absolute atomic E-state index is 0.0262. The van der Waals surface area contributed by atoms with Crippen LogP contribution >= 0.6 is 0 Å². The van der Waals surface area contributed by atoms with E-state index in [2.05, 4.69) is 20.8 Å². The maximum atomic E-state index is 10.9. The lowest BCUT2D eigenvalue weighted by molar-refractivity contribution is -0.142. The summed E-state index contributed by atoms with van der Waals surface area (Å²) in [5.41, 5.74) is 0.313. The summed E-state index contributed by atoms with van der Waals surface area (Å²) in [4.78, 5) is 10.9. The zero-order valence-electron chi connectivity index (χ0n) is 8.22. The van der Waals surface area contributed by atoms with E-state index in [-0.39, 0.29) is 5.97 Å². The van der Waals surface area contributed by atoms with Crippen molar-refractivity contribution in [2.45, 2.75) is 40.0 Å². The van der Waals surface area contributed by atoms with Gasteiger partial charge in [-0.05, 0) is 24.2 Å². The topological polar surface area (TPSA) is 26.3 Å². The van der Waals surface area contributed by atoms with Crippen molar-refractivity contribution in [2.75, 3.05) is 6.61 Å². The standard InChI is InChI=1S/C10H18O2/c1-10(2,3)8-4-5-9(11)12-7-6-8/h8H,4-7H2,1-3H3/i11+2. The molecule has 0 aliphatic carbocycles. The maximum Gasteiger partial charge on any atom is 0.305 e. The molecule has 0 aromatic carbocycles. The first-order valence-corrected chi connectivity index (χ1v) is 4.66. The molecule has 12 heavy (non-hydrogen) atoms. The molecule has 1 saturated heterocycles. The fourth-order valence-corrected chi connectivity index (χ4v) is 1.69. The fourth-order valence-electron chi connectivity index (χ4n) is 1.69. The Kier molecular flexibility index (Phi) is 2.76. The van der Waals surface area contributed by atoms with Crippen molar-refractivity contribution in [3.8, 4) is 0 Å². The van der Waals surface area contributed by atoms with E-state index in [1.807, 2.05) is 0 Å². The molecule has 2 heteroatoms. The monoisotopic (exact) mass is 172 g/mol. The van der Waals surface area contributed by atoms with E-state index >= 15 is 0 Å². The van der Waals surface area contributed by atoms with Crippen LogP contribution in [0.1, 0.15) is 40.0 Å². The molecule has 0 aromatic heterocycles. The van der Waals surface area contributed by atoms with E-state index in [0.717, 1.165) is 12.8 Å². The molecular weight excluding hydrogens is 154 g/mol. The first kappa shape index (κ1) is 9.56. The summed E-state index contributed by atoms with van der Waals surface area (Å²) in [5.74, 6) is 0.603. The van der Waals surface area contributed by atoms with Gasteiger partial charge in [-0.1, -0.05) is 20.8 Å². The van der Waals surface area contributed by atoms with Crippen LogP contribution in [-0.2, 0) is 9.53 Å². The number of ether oxygens (including phenoxy) is 1. The molecule has 0 N–H and O–H groups in total. The molecule has 1 heterocycles. The molecular formula is C10H18O2. The van der Waals surface area contributed by atoms with Crippen molar-refractivity contribution in [1.82, 2.24) is 0 Å². The van der Waals surface area contributed by atoms with Crippen LogP contribution in [0.15, 0.2) is 0 Å². The van der Waals surface area contributed by atoms with E-state index in [1.165, 1.54) is 0 Å². The van der Waals surface area contributed by atoms with Gasteiger partial charge >= 0.3 is 5.97 Å². The first-order chi connectivity index (χ1) is 5.50. The number of carbonyl (C=O) groups excluding carboxylic acids is 1. The molecule has 0 aromatic rings. The van der Waals surface area contributed by atoms with Gasteiger partial charge in [-0.3, -0.25) is 4.79 Å². The predicted octanol–water partition coefficient (Wildman–Crippen LogP) is 2.38. The summed E-state index contributed by atoms with van der Waals surface area (Å²) in [6.45, 7) is 7.30. The molecule has 0 saturated carbocycles. The summed E-state index contributed by atoms with van der Waals surface area (Å²) < 4.78 is 4.99. The third-order valence-electron chi connectivity index (χ3n) is 2.65. The molecule has 0 spiro atoms. The van der Waals surface area contributed by atoms with Crippen LogP contribution in [0.25, 0.3) is 0 Å². The lowest BCUT2D eigenvalue weighted by Crippen LogP contribution is -2.20. The highest BCUT2D eigenvalue weighted by Gasteiger charge is 2.27. The Morgan fingerprint density at radius 2 is 2.00 bits per heavy atom. The average molecular weight is 172 g/mol. The second-order valence-corrected chi connectivity index (χ2v) is 4.61. The largest absolute Gasteiger partial charge is 0.466 e. The normalized spacial score (nSPS) is 26.2. The van der Waals surface area contributed by atoms with Gasteiger partial charge in [-0.25, -0.2) is 0 Å². The zero-order valence-corrected chi connectivity index (χ0v) is 8.22. The van der Waals surface area contributed by atoms with Gasteiger partial charge in [0.2, 0.25) is 0 Å². The van der Waals surface area contributed by atoms with Crippen molar-refractivity contribution < 1.29 is 9.53 Å². The van der Waals surface area contributed by atoms with Crippen LogP contribution in [0.3, 0.4) is 0 Å². The molecule has 2 nitrogen and oxygen atoms in total. The van der Waals surface area contributed by atoms with Crippen LogP contribution < -0.4 is 0 Å². The van der Waals surface area contributed by atoms with Gasteiger partial charge in [0.15, 0.2) is 0 Å². The SMILES string of the molecule is CC(C)(C)C1CCOC(=[18O])CC1.